The van der Waals surface area contributed by atoms with Crippen LogP contribution in [0, 0.1) is 87.3 Å². The summed E-state index contributed by atoms with van der Waals surface area (Å²) in [4.78, 5) is 36.7. The van der Waals surface area contributed by atoms with Gasteiger partial charge in [-0.2, -0.15) is 0 Å². The largest absolute Gasteiger partial charge is 0.461 e. The molecule has 0 aliphatic rings. The van der Waals surface area contributed by atoms with Crippen LogP contribution in [0.4, 0.5) is 65.9 Å². The Kier molecular flexibility index (Phi) is 11.6. The zero-order chi connectivity index (χ0) is 36.4. The maximum absolute atomic E-state index is 14.0. The van der Waals surface area contributed by atoms with Crippen molar-refractivity contribution in [1.29, 1.82) is 0 Å². The fourth-order valence-electron chi connectivity index (χ4n) is 3.49. The molecule has 0 saturated heterocycles. The molecular formula is C26H10F15NO6. The summed E-state index contributed by atoms with van der Waals surface area (Å²) >= 11 is 0. The summed E-state index contributed by atoms with van der Waals surface area (Å²) in [6.07, 6.45) is 0. The van der Waals surface area contributed by atoms with E-state index < -0.39 is 155 Å². The molecule has 0 aliphatic carbocycles. The first-order valence-corrected chi connectivity index (χ1v) is 12.1. The minimum Gasteiger partial charge on any atom is -0.461 e. The zero-order valence-corrected chi connectivity index (χ0v) is 22.6. The molecule has 3 aromatic rings. The van der Waals surface area contributed by atoms with E-state index >= 15 is 0 Å². The molecule has 7 nitrogen and oxygen atoms in total. The van der Waals surface area contributed by atoms with Crippen LogP contribution in [0.5, 0.6) is 0 Å². The number of nitrogens with zero attached hydrogens (tertiary/aromatic N) is 1. The Bertz CT molecular complexity index is 1650. The first kappa shape index (κ1) is 37.4. The van der Waals surface area contributed by atoms with Gasteiger partial charge >= 0.3 is 17.9 Å². The van der Waals surface area contributed by atoms with Crippen molar-refractivity contribution in [2.24, 2.45) is 0 Å². The molecule has 0 atom stereocenters. The average Bonchev–Trinajstić information content (AvgIpc) is 3.05. The molecule has 0 bridgehead atoms. The minimum atomic E-state index is -2.66. The predicted octanol–water partition coefficient (Wildman–Crippen LogP) is 5.90. The molecule has 0 heterocycles. The van der Waals surface area contributed by atoms with Gasteiger partial charge in [0.15, 0.2) is 69.8 Å². The first-order chi connectivity index (χ1) is 22.3. The summed E-state index contributed by atoms with van der Waals surface area (Å²) in [6, 6.07) is 0. The van der Waals surface area contributed by atoms with E-state index in [1.54, 1.807) is 0 Å². The molecule has 260 valence electrons. The minimum absolute atomic E-state index is 0.529. The van der Waals surface area contributed by atoms with Crippen LogP contribution >= 0.6 is 0 Å². The molecule has 0 saturated carbocycles. The molecule has 22 heteroatoms. The number of esters is 3. The van der Waals surface area contributed by atoms with Gasteiger partial charge in [0.1, 0.15) is 36.6 Å². The molecule has 0 unspecified atom stereocenters. The van der Waals surface area contributed by atoms with Gasteiger partial charge in [-0.1, -0.05) is 0 Å². The summed E-state index contributed by atoms with van der Waals surface area (Å²) < 4.78 is 217. The molecule has 48 heavy (non-hydrogen) atoms. The SMILES string of the molecule is O=C(OCCN(CCOC(=O)c1c(F)c(F)c(F)c(F)c1F)COC(=O)c1c(F)c(F)c(F)c(F)c1F)c1c(F)c(F)c(F)c(F)c1F. The van der Waals surface area contributed by atoms with Crippen LogP contribution in [0.1, 0.15) is 31.1 Å². The highest BCUT2D eigenvalue weighted by Crippen LogP contribution is 2.26. The lowest BCUT2D eigenvalue weighted by Crippen LogP contribution is -2.35. The maximum atomic E-state index is 14.0. The van der Waals surface area contributed by atoms with Crippen molar-refractivity contribution in [3.63, 3.8) is 0 Å². The molecule has 0 N–H and O–H groups in total. The van der Waals surface area contributed by atoms with Crippen molar-refractivity contribution in [2.75, 3.05) is 33.0 Å². The van der Waals surface area contributed by atoms with E-state index in [1.165, 1.54) is 0 Å². The first-order valence-electron chi connectivity index (χ1n) is 12.1. The van der Waals surface area contributed by atoms with Crippen LogP contribution in [0.25, 0.3) is 0 Å². The second kappa shape index (κ2) is 14.8. The van der Waals surface area contributed by atoms with Gasteiger partial charge in [-0.15, -0.1) is 0 Å². The Balaban J connectivity index is 1.79. The quantitative estimate of drug-likeness (QED) is 0.0611. The van der Waals surface area contributed by atoms with Crippen molar-refractivity contribution in [3.8, 4) is 0 Å². The van der Waals surface area contributed by atoms with Gasteiger partial charge in [-0.05, 0) is 0 Å². The van der Waals surface area contributed by atoms with Gasteiger partial charge in [-0.3, -0.25) is 4.90 Å². The van der Waals surface area contributed by atoms with Gasteiger partial charge in [0, 0.05) is 13.1 Å². The Morgan fingerprint density at radius 1 is 0.354 bits per heavy atom. The molecule has 3 aromatic carbocycles. The Morgan fingerprint density at radius 2 is 0.562 bits per heavy atom. The number of halogens is 15. The second-order valence-corrected chi connectivity index (χ2v) is 8.79. The number of carbonyl (C=O) groups excluding carboxylic acids is 3. The number of hydrogen-bond donors (Lipinski definition) is 0. The van der Waals surface area contributed by atoms with Crippen LogP contribution in [-0.2, 0) is 14.2 Å². The zero-order valence-electron chi connectivity index (χ0n) is 22.6. The van der Waals surface area contributed by atoms with E-state index in [1.807, 2.05) is 0 Å². The Hall–Kier alpha value is -5.02. The summed E-state index contributed by atoms with van der Waals surface area (Å²) in [5.74, 6) is -45.6. The predicted molar refractivity (Wildman–Crippen MR) is 121 cm³/mol. The number of hydrogen-bond acceptors (Lipinski definition) is 7. The smallest absolute Gasteiger partial charge is 0.345 e. The normalized spacial score (nSPS) is 11.2. The number of benzene rings is 3. The van der Waals surface area contributed by atoms with E-state index in [0.717, 1.165) is 0 Å². The number of rotatable bonds is 11. The van der Waals surface area contributed by atoms with Crippen LogP contribution in [0.2, 0.25) is 0 Å². The van der Waals surface area contributed by atoms with E-state index in [2.05, 4.69) is 14.2 Å². The standard InChI is InChI=1S/C26H10F15NO6/c27-9-6(10(28)16(34)21(39)15(9)33)24(43)46-3-1-42(5-48-26(45)8-13(31)19(37)23(41)20(38)14(8)32)2-4-47-25(44)7-11(29)17(35)22(40)18(36)12(7)30/h1-5H2. The molecular weight excluding hydrogens is 707 g/mol. The van der Waals surface area contributed by atoms with Gasteiger partial charge in [0.2, 0.25) is 17.5 Å². The molecule has 0 amide bonds. The van der Waals surface area contributed by atoms with E-state index in [0.29, 0.717) is 4.90 Å². The third-order valence-corrected chi connectivity index (χ3v) is 5.90. The third kappa shape index (κ3) is 7.11. The monoisotopic (exact) mass is 717 g/mol. The van der Waals surface area contributed by atoms with E-state index in [9.17, 15) is 80.2 Å². The van der Waals surface area contributed by atoms with Crippen LogP contribution in [-0.4, -0.2) is 55.8 Å². The van der Waals surface area contributed by atoms with E-state index in [4.69, 9.17) is 0 Å². The molecule has 3 rings (SSSR count). The molecule has 0 aromatic heterocycles. The summed E-state index contributed by atoms with van der Waals surface area (Å²) in [6.45, 7) is -5.59. The van der Waals surface area contributed by atoms with Crippen LogP contribution in [0.15, 0.2) is 0 Å². The van der Waals surface area contributed by atoms with Gasteiger partial charge in [0.05, 0.1) is 0 Å². The lowest BCUT2D eigenvalue weighted by atomic mass is 10.1. The summed E-state index contributed by atoms with van der Waals surface area (Å²) in [5, 5.41) is 0. The van der Waals surface area contributed by atoms with Crippen molar-refractivity contribution in [1.82, 2.24) is 4.90 Å². The van der Waals surface area contributed by atoms with Crippen LogP contribution < -0.4 is 0 Å². The van der Waals surface area contributed by atoms with Crippen LogP contribution in [0.3, 0.4) is 0 Å². The Morgan fingerprint density at radius 3 is 0.812 bits per heavy atom. The lowest BCUT2D eigenvalue weighted by molar-refractivity contribution is 0.00252. The van der Waals surface area contributed by atoms with E-state index in [-0.39, 0.29) is 0 Å². The fraction of sp³-hybridized carbons (Fsp3) is 0.192. The topological polar surface area (TPSA) is 82.1 Å². The fourth-order valence-corrected chi connectivity index (χ4v) is 3.49. The van der Waals surface area contributed by atoms with Gasteiger partial charge in [-0.25, -0.2) is 80.2 Å². The molecule has 0 aliphatic heterocycles. The maximum Gasteiger partial charge on any atom is 0.345 e. The molecule has 0 radical (unpaired) electrons. The highest BCUT2D eigenvalue weighted by atomic mass is 19.2. The summed E-state index contributed by atoms with van der Waals surface area (Å²) in [7, 11) is 0. The van der Waals surface area contributed by atoms with Crippen molar-refractivity contribution >= 4 is 17.9 Å². The van der Waals surface area contributed by atoms with Gasteiger partial charge < -0.3 is 14.2 Å². The lowest BCUT2D eigenvalue weighted by Gasteiger charge is -2.22. The summed E-state index contributed by atoms with van der Waals surface area (Å²) in [5.41, 5.74) is -6.28. The highest BCUT2D eigenvalue weighted by Gasteiger charge is 2.33. The van der Waals surface area contributed by atoms with Gasteiger partial charge in [0.25, 0.3) is 0 Å². The highest BCUT2D eigenvalue weighted by molar-refractivity contribution is 5.91. The third-order valence-electron chi connectivity index (χ3n) is 5.90. The average molecular weight is 717 g/mol. The van der Waals surface area contributed by atoms with Crippen molar-refractivity contribution in [2.45, 2.75) is 0 Å². The second-order valence-electron chi connectivity index (χ2n) is 8.79. The van der Waals surface area contributed by atoms with Crippen molar-refractivity contribution < 1.29 is 94.5 Å². The Labute approximate surface area is 255 Å². The molecule has 0 fully saturated rings. The molecule has 0 spiro atoms. The number of ether oxygens (including phenoxy) is 3. The van der Waals surface area contributed by atoms with Crippen molar-refractivity contribution in [3.05, 3.63) is 104 Å². The number of carbonyl (C=O) groups is 3.